The maximum Gasteiger partial charge on any atom is 0.0541 e. The van der Waals surface area contributed by atoms with Crippen LogP contribution in [0.25, 0.3) is 99.0 Å². The van der Waals surface area contributed by atoms with E-state index in [-0.39, 0.29) is 16.2 Å². The average Bonchev–Trinajstić information content (AvgIpc) is 4.11. The van der Waals surface area contributed by atoms with Crippen molar-refractivity contribution in [3.05, 3.63) is 180 Å². The Bertz CT molecular complexity index is 3930. The smallest absolute Gasteiger partial charge is 0.0541 e. The van der Waals surface area contributed by atoms with E-state index in [0.717, 1.165) is 19.4 Å². The van der Waals surface area contributed by atoms with E-state index in [9.17, 15) is 0 Å². The van der Waals surface area contributed by atoms with Crippen molar-refractivity contribution in [1.82, 2.24) is 13.7 Å². The molecule has 0 saturated heterocycles. The molecule has 3 aromatic heterocycles. The number of hydrogen-bond acceptors (Lipinski definition) is 0. The molecule has 1 aliphatic rings. The Labute approximate surface area is 439 Å². The lowest BCUT2D eigenvalue weighted by atomic mass is 9.70. The molecule has 11 aromatic rings. The summed E-state index contributed by atoms with van der Waals surface area (Å²) in [4.78, 5) is 0. The van der Waals surface area contributed by atoms with Crippen molar-refractivity contribution in [2.75, 3.05) is 0 Å². The van der Waals surface area contributed by atoms with Crippen molar-refractivity contribution in [3.8, 4) is 33.6 Å². The third kappa shape index (κ3) is 7.82. The van der Waals surface area contributed by atoms with E-state index in [2.05, 4.69) is 234 Å². The Morgan fingerprint density at radius 1 is 0.365 bits per heavy atom. The van der Waals surface area contributed by atoms with Crippen molar-refractivity contribution in [1.29, 1.82) is 0 Å². The largest absolute Gasteiger partial charge is 0.341 e. The van der Waals surface area contributed by atoms with Gasteiger partial charge in [0, 0.05) is 66.7 Å². The van der Waals surface area contributed by atoms with Gasteiger partial charge in [-0.15, -0.1) is 0 Å². The highest BCUT2D eigenvalue weighted by Crippen LogP contribution is 2.56. The molecule has 0 unspecified atom stereocenters. The Morgan fingerprint density at radius 3 is 1.24 bits per heavy atom. The number of unbranched alkanes of at least 4 members (excludes halogenated alkanes) is 6. The van der Waals surface area contributed by atoms with Crippen LogP contribution in [0.1, 0.15) is 149 Å². The molecule has 0 atom stereocenters. The first-order valence-corrected chi connectivity index (χ1v) is 28.3. The topological polar surface area (TPSA) is 14.8 Å². The molecular weight excluding hydrogens is 895 g/mol. The lowest BCUT2D eigenvalue weighted by molar-refractivity contribution is 0.401. The summed E-state index contributed by atoms with van der Waals surface area (Å²) in [6, 6.07) is 61.9. The minimum Gasteiger partial charge on any atom is -0.341 e. The highest BCUT2D eigenvalue weighted by atomic mass is 15.0. The summed E-state index contributed by atoms with van der Waals surface area (Å²) in [7, 11) is 0. The first kappa shape index (κ1) is 48.1. The van der Waals surface area contributed by atoms with Crippen LogP contribution in [0.5, 0.6) is 0 Å². The molecule has 0 N–H and O–H groups in total. The van der Waals surface area contributed by atoms with E-state index in [0.29, 0.717) is 0 Å². The number of rotatable bonds is 14. The molecule has 0 amide bonds. The third-order valence-electron chi connectivity index (χ3n) is 17.3. The van der Waals surface area contributed by atoms with E-state index < -0.39 is 0 Å². The van der Waals surface area contributed by atoms with Crippen molar-refractivity contribution >= 4 is 65.4 Å². The molecule has 0 bridgehead atoms. The molecule has 3 heterocycles. The number of fused-ring (bicyclic) bond motifs is 12. The van der Waals surface area contributed by atoms with E-state index in [1.807, 2.05) is 0 Å². The van der Waals surface area contributed by atoms with Crippen LogP contribution in [0.4, 0.5) is 0 Å². The fourth-order valence-corrected chi connectivity index (χ4v) is 13.4. The predicted molar refractivity (Wildman–Crippen MR) is 320 cm³/mol. The Kier molecular flexibility index (Phi) is 12.0. The number of hydrogen-bond donors (Lipinski definition) is 0. The van der Waals surface area contributed by atoms with Crippen molar-refractivity contribution in [2.45, 2.75) is 149 Å². The molecule has 3 heteroatoms. The van der Waals surface area contributed by atoms with Crippen LogP contribution >= 0.6 is 0 Å². The quantitative estimate of drug-likeness (QED) is 0.0965. The van der Waals surface area contributed by atoms with E-state index in [4.69, 9.17) is 0 Å². The zero-order valence-corrected chi connectivity index (χ0v) is 45.6. The summed E-state index contributed by atoms with van der Waals surface area (Å²) in [5.74, 6) is 0. The van der Waals surface area contributed by atoms with Gasteiger partial charge in [-0.2, -0.15) is 0 Å². The SMILES string of the molecule is CCCCCCC1(CCCCCC)c2cc(-n3c4ccccc4c4cc(-c5ccc6c(c5)c5cc(C(C)(C)C)ccc5n6CC)ccc43)ccc2-c2ccc(-n3c4ccccc4c4cc(C(C)(C)C)ccc43)cc21. The van der Waals surface area contributed by atoms with Crippen LogP contribution in [0.15, 0.2) is 158 Å². The lowest BCUT2D eigenvalue weighted by Gasteiger charge is -2.33. The van der Waals surface area contributed by atoms with Gasteiger partial charge < -0.3 is 13.7 Å². The molecule has 0 radical (unpaired) electrons. The fourth-order valence-electron chi connectivity index (χ4n) is 13.4. The zero-order chi connectivity index (χ0) is 51.1. The van der Waals surface area contributed by atoms with Crippen LogP contribution < -0.4 is 0 Å². The van der Waals surface area contributed by atoms with Gasteiger partial charge in [0.15, 0.2) is 0 Å². The molecule has 0 saturated carbocycles. The number of aryl methyl sites for hydroxylation is 1. The van der Waals surface area contributed by atoms with Gasteiger partial charge >= 0.3 is 0 Å². The number of aromatic nitrogens is 3. The molecule has 0 spiro atoms. The molecule has 1 aliphatic carbocycles. The van der Waals surface area contributed by atoms with Gasteiger partial charge in [0.05, 0.1) is 22.1 Å². The van der Waals surface area contributed by atoms with E-state index in [1.165, 1.54) is 173 Å². The van der Waals surface area contributed by atoms with Gasteiger partial charge in [0.1, 0.15) is 0 Å². The standard InChI is InChI=1S/C71H75N3/c1-10-13-15-21-39-71(40-22-16-14-11-2)61-45-51(31-33-53(61)54-34-32-52(46-62(54)71)74-66-26-20-18-24-56(66)59-43-50(70(7,8)9)30-38-68(59)74)73-65-25-19-17-23-55(65)57-41-48(28-36-67(57)73)47-27-35-63-58(42-47)60-44-49(69(4,5)6)29-37-64(60)72(63)12-3/h17-20,23-38,41-46H,10-16,21-22,39-40H2,1-9H3. The van der Waals surface area contributed by atoms with Crippen molar-refractivity contribution < 1.29 is 0 Å². The molecule has 0 fully saturated rings. The highest BCUT2D eigenvalue weighted by molar-refractivity contribution is 6.13. The van der Waals surface area contributed by atoms with Gasteiger partial charge in [-0.25, -0.2) is 0 Å². The summed E-state index contributed by atoms with van der Waals surface area (Å²) < 4.78 is 7.60. The third-order valence-corrected chi connectivity index (χ3v) is 17.3. The second-order valence-electron chi connectivity index (χ2n) is 24.0. The zero-order valence-electron chi connectivity index (χ0n) is 45.6. The first-order chi connectivity index (χ1) is 35.8. The molecule has 8 aromatic carbocycles. The monoisotopic (exact) mass is 970 g/mol. The number of benzene rings is 8. The van der Waals surface area contributed by atoms with Crippen LogP contribution in [0.2, 0.25) is 0 Å². The second-order valence-corrected chi connectivity index (χ2v) is 24.0. The van der Waals surface area contributed by atoms with Crippen molar-refractivity contribution in [2.24, 2.45) is 0 Å². The average molecular weight is 970 g/mol. The minimum absolute atomic E-state index is 0.0672. The summed E-state index contributed by atoms with van der Waals surface area (Å²) >= 11 is 0. The first-order valence-electron chi connectivity index (χ1n) is 28.3. The lowest BCUT2D eigenvalue weighted by Crippen LogP contribution is -2.26. The van der Waals surface area contributed by atoms with Gasteiger partial charge in [-0.3, -0.25) is 0 Å². The summed E-state index contributed by atoms with van der Waals surface area (Å²) in [5, 5.41) is 7.92. The minimum atomic E-state index is -0.102. The van der Waals surface area contributed by atoms with Gasteiger partial charge in [-0.05, 0) is 160 Å². The fraction of sp³-hybridized carbons (Fsp3) is 0.324. The van der Waals surface area contributed by atoms with E-state index >= 15 is 0 Å². The number of para-hydroxylation sites is 2. The molecule has 3 nitrogen and oxygen atoms in total. The summed E-state index contributed by atoms with van der Waals surface area (Å²) in [6.45, 7) is 21.8. The van der Waals surface area contributed by atoms with Crippen LogP contribution in [0, 0.1) is 0 Å². The van der Waals surface area contributed by atoms with Crippen LogP contribution in [0.3, 0.4) is 0 Å². The number of nitrogens with zero attached hydrogens (tertiary/aromatic N) is 3. The summed E-state index contributed by atoms with van der Waals surface area (Å²) in [5.41, 5.74) is 21.4. The van der Waals surface area contributed by atoms with Gasteiger partial charge in [0.25, 0.3) is 0 Å². The maximum absolute atomic E-state index is 2.63. The molecule has 74 heavy (non-hydrogen) atoms. The maximum atomic E-state index is 2.63. The normalized spacial score (nSPS) is 13.6. The Morgan fingerprint density at radius 2 is 0.770 bits per heavy atom. The highest BCUT2D eigenvalue weighted by Gasteiger charge is 2.43. The van der Waals surface area contributed by atoms with Gasteiger partial charge in [-0.1, -0.05) is 180 Å². The Hall–Kier alpha value is -6.84. The summed E-state index contributed by atoms with van der Waals surface area (Å²) in [6.07, 6.45) is 12.3. The second kappa shape index (κ2) is 18.5. The van der Waals surface area contributed by atoms with E-state index in [1.54, 1.807) is 0 Å². The van der Waals surface area contributed by atoms with Crippen molar-refractivity contribution in [3.63, 3.8) is 0 Å². The molecule has 374 valence electrons. The Balaban J connectivity index is 1.02. The molecular formula is C71H75N3. The predicted octanol–water partition coefficient (Wildman–Crippen LogP) is 20.5. The van der Waals surface area contributed by atoms with Crippen LogP contribution in [-0.2, 0) is 22.8 Å². The van der Waals surface area contributed by atoms with Gasteiger partial charge in [0.2, 0.25) is 0 Å². The van der Waals surface area contributed by atoms with Crippen LogP contribution in [-0.4, -0.2) is 13.7 Å². The molecule has 0 aliphatic heterocycles. The molecule has 12 rings (SSSR count).